The molecular weight excluding hydrogens is 372 g/mol. The van der Waals surface area contributed by atoms with Crippen molar-refractivity contribution < 1.29 is 9.21 Å². The fourth-order valence-corrected chi connectivity index (χ4v) is 4.22. The number of benzene rings is 1. The molecule has 0 bridgehead atoms. The van der Waals surface area contributed by atoms with E-state index >= 15 is 0 Å². The minimum atomic E-state index is -0.272. The molecule has 4 aromatic rings. The molecular formula is C21H22N4O2S. The summed E-state index contributed by atoms with van der Waals surface area (Å²) in [7, 11) is 0. The fraction of sp³-hybridized carbons (Fsp3) is 0.286. The molecule has 1 atom stereocenters. The van der Waals surface area contributed by atoms with Crippen LogP contribution >= 0.6 is 11.8 Å². The number of hydrogen-bond donors (Lipinski definition) is 1. The lowest BCUT2D eigenvalue weighted by atomic mass is 10.2. The molecule has 0 saturated heterocycles. The highest BCUT2D eigenvalue weighted by atomic mass is 32.2. The molecule has 0 saturated carbocycles. The SMILES string of the molecule is CCc1nnc(SC(CC)C(=O)Nc2ccccc2C)c2cc3occc3n12. The van der Waals surface area contributed by atoms with E-state index in [0.717, 1.165) is 45.1 Å². The van der Waals surface area contributed by atoms with Crippen LogP contribution in [-0.4, -0.2) is 25.8 Å². The van der Waals surface area contributed by atoms with Gasteiger partial charge in [0.1, 0.15) is 10.9 Å². The zero-order chi connectivity index (χ0) is 19.7. The predicted molar refractivity (Wildman–Crippen MR) is 112 cm³/mol. The number of para-hydroxylation sites is 1. The first-order valence-corrected chi connectivity index (χ1v) is 10.3. The van der Waals surface area contributed by atoms with E-state index in [1.54, 1.807) is 6.26 Å². The lowest BCUT2D eigenvalue weighted by Gasteiger charge is -2.16. The maximum absolute atomic E-state index is 12.9. The molecule has 0 aliphatic carbocycles. The monoisotopic (exact) mass is 394 g/mol. The van der Waals surface area contributed by atoms with Crippen molar-refractivity contribution >= 4 is 40.0 Å². The Balaban J connectivity index is 1.66. The molecule has 3 aromatic heterocycles. The third-order valence-corrected chi connectivity index (χ3v) is 6.14. The van der Waals surface area contributed by atoms with Crippen molar-refractivity contribution in [2.75, 3.05) is 5.32 Å². The van der Waals surface area contributed by atoms with Crippen LogP contribution in [-0.2, 0) is 11.2 Å². The number of carbonyl (C=O) groups excluding carboxylic acids is 1. The highest BCUT2D eigenvalue weighted by Gasteiger charge is 2.23. The number of carbonyl (C=O) groups is 1. The van der Waals surface area contributed by atoms with E-state index in [9.17, 15) is 4.79 Å². The number of fused-ring (bicyclic) bond motifs is 3. The van der Waals surface area contributed by atoms with E-state index in [1.165, 1.54) is 11.8 Å². The van der Waals surface area contributed by atoms with Gasteiger partial charge < -0.3 is 9.73 Å². The van der Waals surface area contributed by atoms with E-state index in [-0.39, 0.29) is 11.2 Å². The molecule has 0 fully saturated rings. The second-order valence-electron chi connectivity index (χ2n) is 6.63. The van der Waals surface area contributed by atoms with Gasteiger partial charge in [-0.2, -0.15) is 0 Å². The summed E-state index contributed by atoms with van der Waals surface area (Å²) in [5.74, 6) is 0.838. The smallest absolute Gasteiger partial charge is 0.237 e. The number of aryl methyl sites for hydroxylation is 2. The molecule has 0 aliphatic heterocycles. The Morgan fingerprint density at radius 2 is 2.04 bits per heavy atom. The van der Waals surface area contributed by atoms with Crippen LogP contribution in [0.4, 0.5) is 5.69 Å². The summed E-state index contributed by atoms with van der Waals surface area (Å²) in [5.41, 5.74) is 4.57. The summed E-state index contributed by atoms with van der Waals surface area (Å²) in [5, 5.41) is 12.3. The number of aromatic nitrogens is 3. The Kier molecular flexibility index (Phi) is 5.09. The quantitative estimate of drug-likeness (QED) is 0.473. The second-order valence-corrected chi connectivity index (χ2v) is 7.82. The van der Waals surface area contributed by atoms with Gasteiger partial charge in [-0.15, -0.1) is 10.2 Å². The summed E-state index contributed by atoms with van der Waals surface area (Å²) in [6.45, 7) is 6.04. The molecule has 0 aliphatic rings. The van der Waals surface area contributed by atoms with Gasteiger partial charge in [-0.1, -0.05) is 43.8 Å². The molecule has 1 N–H and O–H groups in total. The summed E-state index contributed by atoms with van der Waals surface area (Å²) in [6, 6.07) is 11.7. The molecule has 4 rings (SSSR count). The molecule has 3 heterocycles. The van der Waals surface area contributed by atoms with Gasteiger partial charge in [-0.05, 0) is 25.0 Å². The van der Waals surface area contributed by atoms with Crippen molar-refractivity contribution in [3.8, 4) is 0 Å². The van der Waals surface area contributed by atoms with Crippen molar-refractivity contribution in [1.29, 1.82) is 0 Å². The third-order valence-electron chi connectivity index (χ3n) is 4.79. The average Bonchev–Trinajstić information content (AvgIpc) is 3.29. The van der Waals surface area contributed by atoms with E-state index in [2.05, 4.69) is 19.9 Å². The minimum absolute atomic E-state index is 0.0310. The van der Waals surface area contributed by atoms with Gasteiger partial charge in [-0.3, -0.25) is 9.20 Å². The van der Waals surface area contributed by atoms with Crippen LogP contribution < -0.4 is 5.32 Å². The largest absolute Gasteiger partial charge is 0.463 e. The van der Waals surface area contributed by atoms with Crippen LogP contribution in [0.3, 0.4) is 0 Å². The number of nitrogens with zero attached hydrogens (tertiary/aromatic N) is 3. The van der Waals surface area contributed by atoms with Gasteiger partial charge in [0.2, 0.25) is 5.91 Å². The van der Waals surface area contributed by atoms with Gasteiger partial charge in [0.25, 0.3) is 0 Å². The Morgan fingerprint density at radius 3 is 2.79 bits per heavy atom. The zero-order valence-electron chi connectivity index (χ0n) is 16.1. The van der Waals surface area contributed by atoms with Crippen LogP contribution in [0.2, 0.25) is 0 Å². The highest BCUT2D eigenvalue weighted by molar-refractivity contribution is 8.00. The Bertz CT molecular complexity index is 1150. The Hall–Kier alpha value is -2.80. The lowest BCUT2D eigenvalue weighted by Crippen LogP contribution is -2.25. The minimum Gasteiger partial charge on any atom is -0.463 e. The predicted octanol–water partition coefficient (Wildman–Crippen LogP) is 4.86. The second kappa shape index (κ2) is 7.67. The number of furan rings is 1. The van der Waals surface area contributed by atoms with Crippen molar-refractivity contribution in [3.05, 3.63) is 54.0 Å². The maximum atomic E-state index is 12.9. The van der Waals surface area contributed by atoms with E-state index in [1.807, 2.05) is 57.2 Å². The molecule has 0 radical (unpaired) electrons. The van der Waals surface area contributed by atoms with Crippen molar-refractivity contribution in [2.24, 2.45) is 0 Å². The van der Waals surface area contributed by atoms with Crippen LogP contribution in [0.5, 0.6) is 0 Å². The Morgan fingerprint density at radius 1 is 1.21 bits per heavy atom. The number of rotatable bonds is 6. The van der Waals surface area contributed by atoms with Gasteiger partial charge >= 0.3 is 0 Å². The van der Waals surface area contributed by atoms with E-state index in [0.29, 0.717) is 6.42 Å². The molecule has 6 nitrogen and oxygen atoms in total. The van der Waals surface area contributed by atoms with Gasteiger partial charge in [0.15, 0.2) is 5.58 Å². The molecule has 1 aromatic carbocycles. The standard InChI is InChI=1S/C21H22N4O2S/c1-4-18(20(26)22-14-9-7-6-8-13(14)3)28-21-16-12-17-15(10-11-27-17)25(16)19(5-2)23-24-21/h6-12,18H,4-5H2,1-3H3,(H,22,26). The third kappa shape index (κ3) is 3.26. The summed E-state index contributed by atoms with van der Waals surface area (Å²) < 4.78 is 7.63. The average molecular weight is 395 g/mol. The van der Waals surface area contributed by atoms with E-state index < -0.39 is 0 Å². The highest BCUT2D eigenvalue weighted by Crippen LogP contribution is 2.32. The molecule has 144 valence electrons. The van der Waals surface area contributed by atoms with Crippen LogP contribution in [0, 0.1) is 6.92 Å². The first kappa shape index (κ1) is 18.6. The summed E-state index contributed by atoms with van der Waals surface area (Å²) in [6.07, 6.45) is 3.12. The summed E-state index contributed by atoms with van der Waals surface area (Å²) in [4.78, 5) is 12.9. The normalized spacial score (nSPS) is 12.5. The van der Waals surface area contributed by atoms with Gasteiger partial charge in [-0.25, -0.2) is 0 Å². The van der Waals surface area contributed by atoms with E-state index in [4.69, 9.17) is 4.42 Å². The lowest BCUT2D eigenvalue weighted by molar-refractivity contribution is -0.115. The molecule has 28 heavy (non-hydrogen) atoms. The molecule has 1 unspecified atom stereocenters. The number of anilines is 1. The van der Waals surface area contributed by atoms with Crippen LogP contribution in [0.1, 0.15) is 31.7 Å². The number of nitrogens with one attached hydrogen (secondary N) is 1. The van der Waals surface area contributed by atoms with Gasteiger partial charge in [0.05, 0.1) is 22.5 Å². The number of hydrogen-bond acceptors (Lipinski definition) is 5. The number of amides is 1. The van der Waals surface area contributed by atoms with Crippen molar-refractivity contribution in [3.63, 3.8) is 0 Å². The number of thioether (sulfide) groups is 1. The van der Waals surface area contributed by atoms with Crippen LogP contribution in [0.25, 0.3) is 16.6 Å². The molecule has 0 spiro atoms. The summed E-state index contributed by atoms with van der Waals surface area (Å²) >= 11 is 1.44. The van der Waals surface area contributed by atoms with Crippen LogP contribution in [0.15, 0.2) is 52.1 Å². The maximum Gasteiger partial charge on any atom is 0.237 e. The Labute approximate surface area is 167 Å². The topological polar surface area (TPSA) is 72.4 Å². The van der Waals surface area contributed by atoms with Crippen molar-refractivity contribution in [2.45, 2.75) is 43.9 Å². The first-order chi connectivity index (χ1) is 13.6. The molecule has 7 heteroatoms. The van der Waals surface area contributed by atoms with Gasteiger partial charge in [0, 0.05) is 24.2 Å². The molecule has 1 amide bonds. The zero-order valence-corrected chi connectivity index (χ0v) is 16.9. The fourth-order valence-electron chi connectivity index (χ4n) is 3.26. The van der Waals surface area contributed by atoms with Crippen molar-refractivity contribution in [1.82, 2.24) is 14.6 Å². The first-order valence-electron chi connectivity index (χ1n) is 9.39.